The Morgan fingerprint density at radius 2 is 2.20 bits per heavy atom. The zero-order valence-electron chi connectivity index (χ0n) is 8.28. The number of fused-ring (bicyclic) bond motifs is 3. The SMILES string of the molecule is Cc1cccc2nc(N)c3nc[nH]c3c12. The summed E-state index contributed by atoms with van der Waals surface area (Å²) in [4.78, 5) is 11.6. The van der Waals surface area contributed by atoms with Crippen molar-refractivity contribution in [3.05, 3.63) is 30.1 Å². The average molecular weight is 198 g/mol. The number of anilines is 1. The fraction of sp³-hybridized carbons (Fsp3) is 0.0909. The van der Waals surface area contributed by atoms with Crippen molar-refractivity contribution in [1.82, 2.24) is 15.0 Å². The van der Waals surface area contributed by atoms with Gasteiger partial charge in [0.15, 0.2) is 5.82 Å². The molecule has 0 aliphatic rings. The zero-order chi connectivity index (χ0) is 10.4. The monoisotopic (exact) mass is 198 g/mol. The normalized spacial score (nSPS) is 11.3. The van der Waals surface area contributed by atoms with Gasteiger partial charge in [-0.2, -0.15) is 0 Å². The number of imidazole rings is 1. The Hall–Kier alpha value is -2.10. The van der Waals surface area contributed by atoms with Crippen LogP contribution in [0.5, 0.6) is 0 Å². The molecule has 0 aliphatic carbocycles. The minimum absolute atomic E-state index is 0.476. The van der Waals surface area contributed by atoms with Gasteiger partial charge in [-0.15, -0.1) is 0 Å². The van der Waals surface area contributed by atoms with E-state index in [1.54, 1.807) is 6.33 Å². The van der Waals surface area contributed by atoms with Crippen LogP contribution in [0.4, 0.5) is 5.82 Å². The molecular formula is C11H10N4. The van der Waals surface area contributed by atoms with Crippen molar-refractivity contribution in [1.29, 1.82) is 0 Å². The molecule has 0 atom stereocenters. The van der Waals surface area contributed by atoms with Gasteiger partial charge >= 0.3 is 0 Å². The summed E-state index contributed by atoms with van der Waals surface area (Å²) in [6.07, 6.45) is 1.65. The summed E-state index contributed by atoms with van der Waals surface area (Å²) in [6, 6.07) is 5.99. The van der Waals surface area contributed by atoms with E-state index in [4.69, 9.17) is 5.73 Å². The molecule has 0 amide bonds. The third-order valence-corrected chi connectivity index (χ3v) is 2.62. The molecule has 0 fully saturated rings. The molecule has 0 saturated heterocycles. The summed E-state index contributed by atoms with van der Waals surface area (Å²) in [5, 5.41) is 1.10. The van der Waals surface area contributed by atoms with Crippen molar-refractivity contribution in [2.24, 2.45) is 0 Å². The second kappa shape index (κ2) is 2.70. The lowest BCUT2D eigenvalue weighted by atomic mass is 10.1. The predicted molar refractivity (Wildman–Crippen MR) is 60.5 cm³/mol. The van der Waals surface area contributed by atoms with Crippen molar-refractivity contribution < 1.29 is 0 Å². The number of hydrogen-bond acceptors (Lipinski definition) is 3. The molecule has 3 N–H and O–H groups in total. The van der Waals surface area contributed by atoms with Gasteiger partial charge in [0.2, 0.25) is 0 Å². The Kier molecular flexibility index (Phi) is 1.48. The van der Waals surface area contributed by atoms with Crippen LogP contribution in [0.1, 0.15) is 5.56 Å². The predicted octanol–water partition coefficient (Wildman–Crippen LogP) is 2.00. The topological polar surface area (TPSA) is 67.6 Å². The minimum Gasteiger partial charge on any atom is -0.382 e. The van der Waals surface area contributed by atoms with Crippen molar-refractivity contribution in [2.45, 2.75) is 6.92 Å². The lowest BCUT2D eigenvalue weighted by molar-refractivity contribution is 1.34. The Balaban J connectivity index is 2.68. The summed E-state index contributed by atoms with van der Waals surface area (Å²) in [7, 11) is 0. The van der Waals surface area contributed by atoms with Crippen LogP contribution in [0.25, 0.3) is 21.9 Å². The molecule has 74 valence electrons. The molecule has 1 aromatic carbocycles. The van der Waals surface area contributed by atoms with Gasteiger partial charge in [0.1, 0.15) is 5.52 Å². The Labute approximate surface area is 86.1 Å². The fourth-order valence-electron chi connectivity index (χ4n) is 1.93. The number of benzene rings is 1. The maximum Gasteiger partial charge on any atom is 0.152 e. The molecule has 4 nitrogen and oxygen atoms in total. The molecule has 3 aromatic rings. The van der Waals surface area contributed by atoms with E-state index in [1.807, 2.05) is 12.1 Å². The Morgan fingerprint density at radius 1 is 1.33 bits per heavy atom. The van der Waals surface area contributed by atoms with Gasteiger partial charge in [-0.3, -0.25) is 0 Å². The standard InChI is InChI=1S/C11H10N4/c1-6-3-2-4-7-8(6)9-10(11(12)15-7)14-5-13-9/h2-5H,1H3,(H2,12,15)(H,13,14). The molecule has 2 heterocycles. The van der Waals surface area contributed by atoms with Gasteiger partial charge in [0.25, 0.3) is 0 Å². The molecular weight excluding hydrogens is 188 g/mol. The third kappa shape index (κ3) is 1.01. The number of pyridine rings is 1. The fourth-order valence-corrected chi connectivity index (χ4v) is 1.93. The molecule has 0 spiro atoms. The van der Waals surface area contributed by atoms with Gasteiger partial charge in [-0.05, 0) is 18.6 Å². The van der Waals surface area contributed by atoms with E-state index in [0.29, 0.717) is 5.82 Å². The van der Waals surface area contributed by atoms with Crippen LogP contribution in [0.2, 0.25) is 0 Å². The smallest absolute Gasteiger partial charge is 0.152 e. The molecule has 2 aromatic heterocycles. The summed E-state index contributed by atoms with van der Waals surface area (Å²) < 4.78 is 0. The first-order chi connectivity index (χ1) is 7.27. The highest BCUT2D eigenvalue weighted by Crippen LogP contribution is 2.27. The highest BCUT2D eigenvalue weighted by atomic mass is 14.9. The lowest BCUT2D eigenvalue weighted by Gasteiger charge is -2.03. The lowest BCUT2D eigenvalue weighted by Crippen LogP contribution is -1.93. The second-order valence-corrected chi connectivity index (χ2v) is 3.59. The first-order valence-corrected chi connectivity index (χ1v) is 4.75. The molecule has 0 aliphatic heterocycles. The molecule has 3 rings (SSSR count). The Bertz CT molecular complexity index is 654. The third-order valence-electron chi connectivity index (χ3n) is 2.62. The maximum atomic E-state index is 5.82. The number of hydrogen-bond donors (Lipinski definition) is 2. The van der Waals surface area contributed by atoms with Crippen molar-refractivity contribution >= 4 is 27.8 Å². The number of nitrogens with one attached hydrogen (secondary N) is 1. The number of aromatic nitrogens is 3. The van der Waals surface area contributed by atoms with Crippen LogP contribution in [0, 0.1) is 6.92 Å². The number of nitrogens with zero attached hydrogens (tertiary/aromatic N) is 2. The van der Waals surface area contributed by atoms with Crippen LogP contribution in [-0.4, -0.2) is 15.0 Å². The quantitative estimate of drug-likeness (QED) is 0.580. The van der Waals surface area contributed by atoms with E-state index >= 15 is 0 Å². The first-order valence-electron chi connectivity index (χ1n) is 4.75. The average Bonchev–Trinajstić information content (AvgIpc) is 2.66. The van der Waals surface area contributed by atoms with Crippen LogP contribution in [0.15, 0.2) is 24.5 Å². The summed E-state index contributed by atoms with van der Waals surface area (Å²) in [5.41, 5.74) is 9.62. The molecule has 0 bridgehead atoms. The van der Waals surface area contributed by atoms with Crippen molar-refractivity contribution in [2.75, 3.05) is 5.73 Å². The van der Waals surface area contributed by atoms with Gasteiger partial charge in [0.05, 0.1) is 17.4 Å². The number of nitrogens with two attached hydrogens (primary N) is 1. The number of aromatic amines is 1. The van der Waals surface area contributed by atoms with Crippen LogP contribution in [0.3, 0.4) is 0 Å². The number of rotatable bonds is 0. The van der Waals surface area contributed by atoms with Crippen molar-refractivity contribution in [3.63, 3.8) is 0 Å². The van der Waals surface area contributed by atoms with E-state index in [2.05, 4.69) is 27.9 Å². The van der Waals surface area contributed by atoms with Crippen molar-refractivity contribution in [3.8, 4) is 0 Å². The summed E-state index contributed by atoms with van der Waals surface area (Å²) in [5.74, 6) is 0.476. The highest BCUT2D eigenvalue weighted by molar-refractivity contribution is 6.07. The van der Waals surface area contributed by atoms with E-state index in [0.717, 1.165) is 21.9 Å². The van der Waals surface area contributed by atoms with E-state index < -0.39 is 0 Å². The van der Waals surface area contributed by atoms with E-state index in [-0.39, 0.29) is 0 Å². The van der Waals surface area contributed by atoms with Gasteiger partial charge in [-0.1, -0.05) is 12.1 Å². The second-order valence-electron chi connectivity index (χ2n) is 3.59. The molecule has 4 heteroatoms. The molecule has 0 saturated carbocycles. The number of nitrogen functional groups attached to an aromatic ring is 1. The van der Waals surface area contributed by atoms with Gasteiger partial charge in [-0.25, -0.2) is 9.97 Å². The minimum atomic E-state index is 0.476. The molecule has 0 radical (unpaired) electrons. The van der Waals surface area contributed by atoms with E-state index in [1.165, 1.54) is 5.56 Å². The van der Waals surface area contributed by atoms with Gasteiger partial charge in [0, 0.05) is 5.39 Å². The summed E-state index contributed by atoms with van der Waals surface area (Å²) >= 11 is 0. The number of H-pyrrole nitrogens is 1. The largest absolute Gasteiger partial charge is 0.382 e. The molecule has 15 heavy (non-hydrogen) atoms. The maximum absolute atomic E-state index is 5.82. The van der Waals surface area contributed by atoms with Crippen LogP contribution < -0.4 is 5.73 Å². The first kappa shape index (κ1) is 8.23. The van der Waals surface area contributed by atoms with Gasteiger partial charge < -0.3 is 10.7 Å². The highest BCUT2D eigenvalue weighted by Gasteiger charge is 2.09. The van der Waals surface area contributed by atoms with Crippen LogP contribution >= 0.6 is 0 Å². The summed E-state index contributed by atoms with van der Waals surface area (Å²) in [6.45, 7) is 2.06. The zero-order valence-corrected chi connectivity index (χ0v) is 8.28. The van der Waals surface area contributed by atoms with E-state index in [9.17, 15) is 0 Å². The number of aryl methyl sites for hydroxylation is 1. The molecule has 0 unspecified atom stereocenters. The van der Waals surface area contributed by atoms with Crippen LogP contribution in [-0.2, 0) is 0 Å². The Morgan fingerprint density at radius 3 is 3.07 bits per heavy atom.